The van der Waals surface area contributed by atoms with Gasteiger partial charge in [0.1, 0.15) is 0 Å². The van der Waals surface area contributed by atoms with E-state index in [4.69, 9.17) is 15.6 Å². The van der Waals surface area contributed by atoms with Gasteiger partial charge in [0.2, 0.25) is 0 Å². The summed E-state index contributed by atoms with van der Waals surface area (Å²) in [6.07, 6.45) is 0.283. The highest BCUT2D eigenvalue weighted by Crippen LogP contribution is 2.11. The van der Waals surface area contributed by atoms with Gasteiger partial charge >= 0.3 is 11.9 Å². The molecule has 0 aliphatic carbocycles. The second kappa shape index (κ2) is 5.75. The summed E-state index contributed by atoms with van der Waals surface area (Å²) in [6, 6.07) is 6.57. The molecule has 0 aromatic heterocycles. The van der Waals surface area contributed by atoms with E-state index in [9.17, 15) is 9.59 Å². The van der Waals surface area contributed by atoms with E-state index in [1.165, 1.54) is 0 Å². The van der Waals surface area contributed by atoms with Crippen LogP contribution in [-0.4, -0.2) is 23.7 Å². The summed E-state index contributed by atoms with van der Waals surface area (Å²) < 4.78 is 4.88. The van der Waals surface area contributed by atoms with Crippen molar-refractivity contribution < 1.29 is 19.4 Å². The van der Waals surface area contributed by atoms with Crippen molar-refractivity contribution in [3.8, 4) is 0 Å². The van der Waals surface area contributed by atoms with E-state index in [1.54, 1.807) is 24.3 Å². The van der Waals surface area contributed by atoms with Crippen molar-refractivity contribution in [1.82, 2.24) is 0 Å². The lowest BCUT2D eigenvalue weighted by Gasteiger charge is -2.05. The van der Waals surface area contributed by atoms with Crippen LogP contribution in [0.3, 0.4) is 0 Å². The molecule has 0 fully saturated rings. The van der Waals surface area contributed by atoms with Gasteiger partial charge in [-0.15, -0.1) is 0 Å². The number of nitrogens with two attached hydrogens (primary N) is 1. The average molecular weight is 223 g/mol. The number of benzene rings is 1. The van der Waals surface area contributed by atoms with Gasteiger partial charge < -0.3 is 15.6 Å². The number of rotatable bonds is 5. The third-order valence-corrected chi connectivity index (χ3v) is 1.95. The van der Waals surface area contributed by atoms with E-state index in [0.29, 0.717) is 17.7 Å². The molecule has 5 nitrogen and oxygen atoms in total. The normalized spacial score (nSPS) is 9.75. The monoisotopic (exact) mass is 223 g/mol. The van der Waals surface area contributed by atoms with E-state index in [-0.39, 0.29) is 13.0 Å². The van der Waals surface area contributed by atoms with Gasteiger partial charge in [0, 0.05) is 12.1 Å². The topological polar surface area (TPSA) is 89.6 Å². The first-order valence-electron chi connectivity index (χ1n) is 4.84. The van der Waals surface area contributed by atoms with E-state index >= 15 is 0 Å². The molecule has 1 aromatic rings. The van der Waals surface area contributed by atoms with Gasteiger partial charge in [-0.05, 0) is 18.6 Å². The average Bonchev–Trinajstić information content (AvgIpc) is 2.24. The lowest BCUT2D eigenvalue weighted by Crippen LogP contribution is -2.09. The summed E-state index contributed by atoms with van der Waals surface area (Å²) >= 11 is 0. The molecule has 5 heteroatoms. The van der Waals surface area contributed by atoms with Gasteiger partial charge in [-0.2, -0.15) is 0 Å². The van der Waals surface area contributed by atoms with Crippen molar-refractivity contribution in [3.63, 3.8) is 0 Å². The first kappa shape index (κ1) is 12.0. The van der Waals surface area contributed by atoms with Crippen LogP contribution in [-0.2, 0) is 9.53 Å². The van der Waals surface area contributed by atoms with Crippen molar-refractivity contribution in [1.29, 1.82) is 0 Å². The Morgan fingerprint density at radius 1 is 1.31 bits per heavy atom. The van der Waals surface area contributed by atoms with Crippen LogP contribution in [0.2, 0.25) is 0 Å². The fourth-order valence-corrected chi connectivity index (χ4v) is 1.15. The van der Waals surface area contributed by atoms with E-state index < -0.39 is 11.9 Å². The molecule has 3 N–H and O–H groups in total. The van der Waals surface area contributed by atoms with Gasteiger partial charge in [-0.25, -0.2) is 4.79 Å². The Hall–Kier alpha value is -2.04. The number of anilines is 1. The summed E-state index contributed by atoms with van der Waals surface area (Å²) in [6.45, 7) is 0.0828. The maximum atomic E-state index is 11.5. The maximum Gasteiger partial charge on any atom is 0.340 e. The van der Waals surface area contributed by atoms with Crippen molar-refractivity contribution in [2.45, 2.75) is 12.8 Å². The number of carbonyl (C=O) groups is 2. The molecule has 0 spiro atoms. The second-order valence-electron chi connectivity index (χ2n) is 3.22. The van der Waals surface area contributed by atoms with Gasteiger partial charge in [0.25, 0.3) is 0 Å². The molecule has 0 saturated carbocycles. The molecule has 0 atom stereocenters. The number of hydrogen-bond acceptors (Lipinski definition) is 4. The van der Waals surface area contributed by atoms with Crippen LogP contribution in [0.1, 0.15) is 23.2 Å². The van der Waals surface area contributed by atoms with Gasteiger partial charge in [-0.3, -0.25) is 4.79 Å². The molecule has 0 unspecified atom stereocenters. The van der Waals surface area contributed by atoms with Crippen molar-refractivity contribution in [2.75, 3.05) is 12.3 Å². The maximum absolute atomic E-state index is 11.5. The number of para-hydroxylation sites is 1. The smallest absolute Gasteiger partial charge is 0.340 e. The number of esters is 1. The summed E-state index contributed by atoms with van der Waals surface area (Å²) in [4.78, 5) is 21.7. The first-order valence-corrected chi connectivity index (χ1v) is 4.84. The molecular formula is C11H13NO4. The number of carboxylic acid groups (broad SMARTS) is 1. The largest absolute Gasteiger partial charge is 0.481 e. The zero-order valence-corrected chi connectivity index (χ0v) is 8.68. The fraction of sp³-hybridized carbons (Fsp3) is 0.273. The van der Waals surface area contributed by atoms with Crippen molar-refractivity contribution >= 4 is 17.6 Å². The Morgan fingerprint density at radius 2 is 2.00 bits per heavy atom. The van der Waals surface area contributed by atoms with Gasteiger partial charge in [0.15, 0.2) is 0 Å². The predicted octanol–water partition coefficient (Wildman–Crippen LogP) is 1.29. The molecule has 1 aromatic carbocycles. The third kappa shape index (κ3) is 3.61. The first-order chi connectivity index (χ1) is 7.61. The summed E-state index contributed by atoms with van der Waals surface area (Å²) in [7, 11) is 0. The minimum absolute atomic E-state index is 0.0163. The molecule has 0 heterocycles. The van der Waals surface area contributed by atoms with Gasteiger partial charge in [0.05, 0.1) is 12.2 Å². The van der Waals surface area contributed by atoms with Crippen LogP contribution in [0.4, 0.5) is 5.69 Å². The molecule has 0 amide bonds. The highest BCUT2D eigenvalue weighted by Gasteiger charge is 2.09. The minimum atomic E-state index is -0.907. The third-order valence-electron chi connectivity index (χ3n) is 1.95. The molecular weight excluding hydrogens is 210 g/mol. The SMILES string of the molecule is Nc1ccccc1C(=O)OCCCC(=O)O. The Balaban J connectivity index is 2.41. The highest BCUT2D eigenvalue weighted by molar-refractivity contribution is 5.94. The molecule has 0 radical (unpaired) electrons. The second-order valence-corrected chi connectivity index (χ2v) is 3.22. The fourth-order valence-electron chi connectivity index (χ4n) is 1.15. The number of carboxylic acids is 1. The van der Waals surface area contributed by atoms with Crippen molar-refractivity contribution in [2.24, 2.45) is 0 Å². The van der Waals surface area contributed by atoms with Gasteiger partial charge in [-0.1, -0.05) is 12.1 Å². The van der Waals surface area contributed by atoms with E-state index in [1.807, 2.05) is 0 Å². The van der Waals surface area contributed by atoms with Crippen LogP contribution >= 0.6 is 0 Å². The molecule has 1 rings (SSSR count). The Bertz CT molecular complexity index is 389. The van der Waals surface area contributed by atoms with E-state index in [0.717, 1.165) is 0 Å². The number of hydrogen-bond donors (Lipinski definition) is 2. The Labute approximate surface area is 92.8 Å². The number of aliphatic carboxylic acids is 1. The molecule has 0 saturated heterocycles. The Kier molecular flexibility index (Phi) is 4.32. The number of carbonyl (C=O) groups excluding carboxylic acids is 1. The molecule has 0 bridgehead atoms. The summed E-state index contributed by atoms with van der Waals surface area (Å²) in [5.41, 5.74) is 6.24. The lowest BCUT2D eigenvalue weighted by atomic mass is 10.2. The van der Waals surface area contributed by atoms with Crippen LogP contribution in [0.25, 0.3) is 0 Å². The lowest BCUT2D eigenvalue weighted by molar-refractivity contribution is -0.137. The summed E-state index contributed by atoms with van der Waals surface area (Å²) in [5, 5.41) is 8.38. The van der Waals surface area contributed by atoms with Crippen LogP contribution in [0.5, 0.6) is 0 Å². The molecule has 16 heavy (non-hydrogen) atoms. The zero-order chi connectivity index (χ0) is 12.0. The molecule has 0 aliphatic heterocycles. The predicted molar refractivity (Wildman–Crippen MR) is 58.0 cm³/mol. The molecule has 86 valence electrons. The van der Waals surface area contributed by atoms with Crippen LogP contribution < -0.4 is 5.73 Å². The molecule has 0 aliphatic rings. The van der Waals surface area contributed by atoms with E-state index in [2.05, 4.69) is 0 Å². The number of nitrogen functional groups attached to an aromatic ring is 1. The standard InChI is InChI=1S/C11H13NO4/c12-9-5-2-1-4-8(9)11(15)16-7-3-6-10(13)14/h1-2,4-5H,3,6-7,12H2,(H,13,14). The quantitative estimate of drug-likeness (QED) is 0.446. The highest BCUT2D eigenvalue weighted by atomic mass is 16.5. The van der Waals surface area contributed by atoms with Crippen LogP contribution in [0.15, 0.2) is 24.3 Å². The number of ether oxygens (including phenoxy) is 1. The minimum Gasteiger partial charge on any atom is -0.481 e. The Morgan fingerprint density at radius 3 is 2.62 bits per heavy atom. The zero-order valence-electron chi connectivity index (χ0n) is 8.68. The summed E-state index contributed by atoms with van der Waals surface area (Å²) in [5.74, 6) is -1.43. The van der Waals surface area contributed by atoms with Crippen LogP contribution in [0, 0.1) is 0 Å². The van der Waals surface area contributed by atoms with Crippen molar-refractivity contribution in [3.05, 3.63) is 29.8 Å².